The second-order valence-corrected chi connectivity index (χ2v) is 3.10. The Labute approximate surface area is 80.8 Å². The second kappa shape index (κ2) is 2.73. The Bertz CT molecular complexity index is 537. The van der Waals surface area contributed by atoms with Gasteiger partial charge in [0.2, 0.25) is 0 Å². The molecule has 1 aliphatic heterocycles. The van der Waals surface area contributed by atoms with E-state index in [2.05, 4.69) is 10.3 Å². The maximum atomic E-state index is 5.24. The third kappa shape index (κ3) is 0.956. The predicted molar refractivity (Wildman–Crippen MR) is 55.2 cm³/mol. The minimum Gasteiger partial charge on any atom is -0.443 e. The predicted octanol–water partition coefficient (Wildman–Crippen LogP) is 2.37. The molecule has 3 heteroatoms. The number of nitrogens with one attached hydrogen (secondary N) is 1. The van der Waals surface area contributed by atoms with Crippen LogP contribution in [0.3, 0.4) is 0 Å². The van der Waals surface area contributed by atoms with E-state index in [0.717, 1.165) is 22.2 Å². The molecule has 3 nitrogen and oxygen atoms in total. The third-order valence-electron chi connectivity index (χ3n) is 2.28. The molecule has 1 aliphatic rings. The first-order valence-electron chi connectivity index (χ1n) is 4.40. The number of oxazole rings is 1. The van der Waals surface area contributed by atoms with Gasteiger partial charge in [0.15, 0.2) is 12.0 Å². The normalized spacial score (nSPS) is 13.7. The summed E-state index contributed by atoms with van der Waals surface area (Å²) in [6.07, 6.45) is 9.27. The highest BCUT2D eigenvalue weighted by molar-refractivity contribution is 5.88. The van der Waals surface area contributed by atoms with Crippen LogP contribution >= 0.6 is 0 Å². The first kappa shape index (κ1) is 7.38. The molecule has 0 saturated heterocycles. The van der Waals surface area contributed by atoms with E-state index in [9.17, 15) is 0 Å². The van der Waals surface area contributed by atoms with Crippen molar-refractivity contribution in [2.45, 2.75) is 0 Å². The molecule has 14 heavy (non-hydrogen) atoms. The molecule has 0 radical (unpaired) electrons. The molecule has 0 aliphatic carbocycles. The molecule has 2 heterocycles. The fraction of sp³-hybridized carbons (Fsp3) is 0. The SMILES string of the molecule is C1=Cc2ccc3ocnc3c2C=CN1. The van der Waals surface area contributed by atoms with Crippen LogP contribution in [0.2, 0.25) is 0 Å². The molecule has 0 saturated carbocycles. The lowest BCUT2D eigenvalue weighted by molar-refractivity contribution is 0.602. The van der Waals surface area contributed by atoms with Crippen LogP contribution in [0, 0.1) is 0 Å². The van der Waals surface area contributed by atoms with Gasteiger partial charge in [-0.15, -0.1) is 0 Å². The summed E-state index contributed by atoms with van der Waals surface area (Å²) in [5, 5.41) is 3.03. The van der Waals surface area contributed by atoms with Crippen molar-refractivity contribution in [1.82, 2.24) is 10.3 Å². The molecule has 1 aromatic heterocycles. The van der Waals surface area contributed by atoms with E-state index in [1.807, 2.05) is 36.7 Å². The van der Waals surface area contributed by atoms with E-state index in [0.29, 0.717) is 0 Å². The number of fused-ring (bicyclic) bond motifs is 3. The maximum absolute atomic E-state index is 5.24. The standard InChI is InChI=1S/C11H8N2O/c1-2-10-11(13-7-14-10)9-4-6-12-5-3-8(1)9/h1-7,12H. The maximum Gasteiger partial charge on any atom is 0.182 e. The molecule has 2 aromatic rings. The largest absolute Gasteiger partial charge is 0.443 e. The van der Waals surface area contributed by atoms with Crippen molar-refractivity contribution in [3.05, 3.63) is 42.1 Å². The zero-order chi connectivity index (χ0) is 9.38. The molecular formula is C11H8N2O. The number of benzene rings is 1. The lowest BCUT2D eigenvalue weighted by Crippen LogP contribution is -1.87. The van der Waals surface area contributed by atoms with Crippen LogP contribution in [-0.4, -0.2) is 4.98 Å². The highest BCUT2D eigenvalue weighted by atomic mass is 16.3. The van der Waals surface area contributed by atoms with Crippen molar-refractivity contribution in [3.8, 4) is 0 Å². The first-order chi connectivity index (χ1) is 6.95. The molecule has 3 rings (SSSR count). The van der Waals surface area contributed by atoms with Crippen molar-refractivity contribution >= 4 is 23.3 Å². The van der Waals surface area contributed by atoms with Crippen molar-refractivity contribution < 1.29 is 4.42 Å². The van der Waals surface area contributed by atoms with E-state index in [4.69, 9.17) is 4.42 Å². The van der Waals surface area contributed by atoms with Crippen molar-refractivity contribution in [2.24, 2.45) is 0 Å². The van der Waals surface area contributed by atoms with Crippen LogP contribution in [0.25, 0.3) is 23.3 Å². The highest BCUT2D eigenvalue weighted by Crippen LogP contribution is 2.24. The van der Waals surface area contributed by atoms with Crippen LogP contribution in [0.15, 0.2) is 35.3 Å². The third-order valence-corrected chi connectivity index (χ3v) is 2.28. The summed E-state index contributed by atoms with van der Waals surface area (Å²) in [5.74, 6) is 0. The molecule has 0 bridgehead atoms. The van der Waals surface area contributed by atoms with E-state index in [1.54, 1.807) is 0 Å². The van der Waals surface area contributed by atoms with E-state index < -0.39 is 0 Å². The van der Waals surface area contributed by atoms with Crippen molar-refractivity contribution in [1.29, 1.82) is 0 Å². The molecule has 68 valence electrons. The Kier molecular flexibility index (Phi) is 1.44. The summed E-state index contributed by atoms with van der Waals surface area (Å²) in [4.78, 5) is 4.19. The summed E-state index contributed by atoms with van der Waals surface area (Å²) >= 11 is 0. The number of hydrogen-bond donors (Lipinski definition) is 1. The number of aromatic nitrogens is 1. The van der Waals surface area contributed by atoms with Crippen LogP contribution in [0.5, 0.6) is 0 Å². The second-order valence-electron chi connectivity index (χ2n) is 3.10. The van der Waals surface area contributed by atoms with Gasteiger partial charge in [-0.1, -0.05) is 6.07 Å². The van der Waals surface area contributed by atoms with E-state index >= 15 is 0 Å². The Hall–Kier alpha value is -2.03. The number of hydrogen-bond acceptors (Lipinski definition) is 3. The fourth-order valence-corrected chi connectivity index (χ4v) is 1.61. The Balaban J connectivity index is 2.43. The molecular weight excluding hydrogens is 176 g/mol. The zero-order valence-corrected chi connectivity index (χ0v) is 7.40. The molecule has 0 fully saturated rings. The number of rotatable bonds is 0. The van der Waals surface area contributed by atoms with Gasteiger partial charge in [0.05, 0.1) is 0 Å². The summed E-state index contributed by atoms with van der Waals surface area (Å²) in [7, 11) is 0. The number of nitrogens with zero attached hydrogens (tertiary/aromatic N) is 1. The fourth-order valence-electron chi connectivity index (χ4n) is 1.61. The van der Waals surface area contributed by atoms with Gasteiger partial charge < -0.3 is 9.73 Å². The van der Waals surface area contributed by atoms with Crippen LogP contribution in [0.1, 0.15) is 11.1 Å². The monoisotopic (exact) mass is 184 g/mol. The van der Waals surface area contributed by atoms with Gasteiger partial charge in [-0.3, -0.25) is 0 Å². The average molecular weight is 184 g/mol. The molecule has 0 atom stereocenters. The first-order valence-corrected chi connectivity index (χ1v) is 4.40. The quantitative estimate of drug-likeness (QED) is 0.683. The van der Waals surface area contributed by atoms with Gasteiger partial charge in [0.1, 0.15) is 5.52 Å². The van der Waals surface area contributed by atoms with Gasteiger partial charge in [0, 0.05) is 18.0 Å². The van der Waals surface area contributed by atoms with Crippen LogP contribution < -0.4 is 5.32 Å². The average Bonchev–Trinajstić information content (AvgIpc) is 2.55. The van der Waals surface area contributed by atoms with Crippen LogP contribution in [0.4, 0.5) is 0 Å². The molecule has 0 unspecified atom stereocenters. The molecule has 1 N–H and O–H groups in total. The van der Waals surface area contributed by atoms with Gasteiger partial charge in [-0.2, -0.15) is 0 Å². The zero-order valence-electron chi connectivity index (χ0n) is 7.40. The summed E-state index contributed by atoms with van der Waals surface area (Å²) < 4.78 is 5.24. The minimum absolute atomic E-state index is 0.823. The van der Waals surface area contributed by atoms with Gasteiger partial charge >= 0.3 is 0 Å². The van der Waals surface area contributed by atoms with Gasteiger partial charge in [-0.05, 0) is 23.8 Å². The van der Waals surface area contributed by atoms with Gasteiger partial charge in [0.25, 0.3) is 0 Å². The van der Waals surface area contributed by atoms with E-state index in [1.165, 1.54) is 6.39 Å². The van der Waals surface area contributed by atoms with Crippen molar-refractivity contribution in [3.63, 3.8) is 0 Å². The summed E-state index contributed by atoms with van der Waals surface area (Å²) in [6, 6.07) is 3.96. The van der Waals surface area contributed by atoms with Crippen LogP contribution in [-0.2, 0) is 0 Å². The Morgan fingerprint density at radius 2 is 2.07 bits per heavy atom. The van der Waals surface area contributed by atoms with Gasteiger partial charge in [-0.25, -0.2) is 4.98 Å². The lowest BCUT2D eigenvalue weighted by Gasteiger charge is -1.98. The van der Waals surface area contributed by atoms with E-state index in [-0.39, 0.29) is 0 Å². The molecule has 0 spiro atoms. The topological polar surface area (TPSA) is 38.1 Å². The Morgan fingerprint density at radius 1 is 1.14 bits per heavy atom. The Morgan fingerprint density at radius 3 is 3.07 bits per heavy atom. The lowest BCUT2D eigenvalue weighted by atomic mass is 10.1. The summed E-state index contributed by atoms with van der Waals surface area (Å²) in [6.45, 7) is 0. The minimum atomic E-state index is 0.823. The summed E-state index contributed by atoms with van der Waals surface area (Å²) in [5.41, 5.74) is 3.97. The van der Waals surface area contributed by atoms with Crippen molar-refractivity contribution in [2.75, 3.05) is 0 Å². The highest BCUT2D eigenvalue weighted by Gasteiger charge is 2.07. The smallest absolute Gasteiger partial charge is 0.182 e. The molecule has 1 aromatic carbocycles. The molecule has 0 amide bonds.